The third-order valence-corrected chi connectivity index (χ3v) is 4.39. The summed E-state index contributed by atoms with van der Waals surface area (Å²) in [6.07, 6.45) is 6.16. The lowest BCUT2D eigenvalue weighted by atomic mass is 9.97. The van der Waals surface area contributed by atoms with Gasteiger partial charge in [0.1, 0.15) is 5.76 Å². The highest BCUT2D eigenvalue weighted by molar-refractivity contribution is 6.31. The number of aromatic nitrogens is 2. The van der Waals surface area contributed by atoms with Gasteiger partial charge in [-0.2, -0.15) is 0 Å². The zero-order valence-electron chi connectivity index (χ0n) is 14.0. The zero-order chi connectivity index (χ0) is 17.4. The van der Waals surface area contributed by atoms with Crippen LogP contribution in [-0.2, 0) is 11.2 Å². The third-order valence-electron chi connectivity index (χ3n) is 4.39. The summed E-state index contributed by atoms with van der Waals surface area (Å²) in [6, 6.07) is 9.83. The average Bonchev–Trinajstić information content (AvgIpc) is 3.12. The van der Waals surface area contributed by atoms with Crippen molar-refractivity contribution in [3.63, 3.8) is 0 Å². The first-order chi connectivity index (χ1) is 12.1. The van der Waals surface area contributed by atoms with E-state index in [-0.39, 0.29) is 5.91 Å². The molecular formula is C20H17N3O2. The van der Waals surface area contributed by atoms with Gasteiger partial charge in [0, 0.05) is 34.8 Å². The first-order valence-corrected chi connectivity index (χ1v) is 8.11. The van der Waals surface area contributed by atoms with Crippen LogP contribution >= 0.6 is 0 Å². The van der Waals surface area contributed by atoms with Crippen molar-refractivity contribution >= 4 is 17.2 Å². The van der Waals surface area contributed by atoms with Crippen LogP contribution in [0, 0.1) is 13.8 Å². The molecule has 2 aromatic heterocycles. The molecule has 124 valence electrons. The van der Waals surface area contributed by atoms with Crippen molar-refractivity contribution in [2.24, 2.45) is 0 Å². The summed E-state index contributed by atoms with van der Waals surface area (Å²) in [5.74, 6) is 0.699. The molecule has 0 atom stereocenters. The number of fused-ring (bicyclic) bond motifs is 1. The molecule has 5 nitrogen and oxygen atoms in total. The van der Waals surface area contributed by atoms with Crippen molar-refractivity contribution in [1.29, 1.82) is 0 Å². The summed E-state index contributed by atoms with van der Waals surface area (Å²) in [5, 5.41) is 6.94. The van der Waals surface area contributed by atoms with E-state index in [4.69, 9.17) is 4.52 Å². The number of allylic oxidation sites excluding steroid dienone is 1. The van der Waals surface area contributed by atoms with Crippen molar-refractivity contribution in [1.82, 2.24) is 10.1 Å². The maximum atomic E-state index is 12.4. The Morgan fingerprint density at radius 2 is 2.12 bits per heavy atom. The fourth-order valence-corrected chi connectivity index (χ4v) is 3.18. The first kappa shape index (κ1) is 15.3. The minimum absolute atomic E-state index is 0.0743. The molecule has 0 spiro atoms. The summed E-state index contributed by atoms with van der Waals surface area (Å²) in [4.78, 5) is 16.5. The number of nitrogens with zero attached hydrogens (tertiary/aromatic N) is 2. The fourth-order valence-electron chi connectivity index (χ4n) is 3.18. The van der Waals surface area contributed by atoms with Crippen molar-refractivity contribution < 1.29 is 9.32 Å². The number of nitrogens with one attached hydrogen (secondary N) is 1. The number of pyridine rings is 1. The van der Waals surface area contributed by atoms with E-state index < -0.39 is 0 Å². The van der Waals surface area contributed by atoms with Crippen LogP contribution in [0.5, 0.6) is 0 Å². The molecule has 1 aromatic carbocycles. The van der Waals surface area contributed by atoms with E-state index in [1.54, 1.807) is 6.20 Å². The maximum Gasteiger partial charge on any atom is 0.256 e. The van der Waals surface area contributed by atoms with Gasteiger partial charge in [0.2, 0.25) is 0 Å². The summed E-state index contributed by atoms with van der Waals surface area (Å²) in [6.45, 7) is 3.81. The Hall–Kier alpha value is -3.21. The van der Waals surface area contributed by atoms with Gasteiger partial charge in [-0.3, -0.25) is 9.78 Å². The summed E-state index contributed by atoms with van der Waals surface area (Å²) in [5.41, 5.74) is 6.32. The van der Waals surface area contributed by atoms with Crippen LogP contribution < -0.4 is 5.32 Å². The maximum absolute atomic E-state index is 12.4. The highest BCUT2D eigenvalue weighted by Crippen LogP contribution is 2.37. The Kier molecular flexibility index (Phi) is 3.69. The predicted molar refractivity (Wildman–Crippen MR) is 96.0 cm³/mol. The molecule has 0 unspecified atom stereocenters. The predicted octanol–water partition coefficient (Wildman–Crippen LogP) is 3.93. The molecule has 1 aliphatic heterocycles. The molecule has 25 heavy (non-hydrogen) atoms. The number of aryl methyl sites for hydroxylation is 2. The SMILES string of the molecule is Cc1noc(C)c1-c1ccc2c(c1)/C(=C/Cc1cccnc1)C(=O)N2. The molecule has 3 heterocycles. The lowest BCUT2D eigenvalue weighted by Crippen LogP contribution is -2.03. The van der Waals surface area contributed by atoms with E-state index in [0.717, 1.165) is 39.4 Å². The number of carbonyl (C=O) groups excluding carboxylic acids is 1. The molecule has 5 heteroatoms. The highest BCUT2D eigenvalue weighted by atomic mass is 16.5. The van der Waals surface area contributed by atoms with E-state index in [1.807, 2.05) is 56.5 Å². The number of anilines is 1. The second kappa shape index (κ2) is 6.02. The van der Waals surface area contributed by atoms with Crippen LogP contribution in [0.4, 0.5) is 5.69 Å². The summed E-state index contributed by atoms with van der Waals surface area (Å²) < 4.78 is 5.27. The van der Waals surface area contributed by atoms with Crippen molar-refractivity contribution in [3.05, 3.63) is 71.4 Å². The molecule has 0 aliphatic carbocycles. The Bertz CT molecular complexity index is 968. The van der Waals surface area contributed by atoms with Gasteiger partial charge in [0.15, 0.2) is 0 Å². The van der Waals surface area contributed by atoms with Crippen molar-refractivity contribution in [3.8, 4) is 11.1 Å². The summed E-state index contributed by atoms with van der Waals surface area (Å²) in [7, 11) is 0. The fraction of sp³-hybridized carbons (Fsp3) is 0.150. The third kappa shape index (κ3) is 2.74. The molecule has 0 radical (unpaired) electrons. The van der Waals surface area contributed by atoms with Crippen LogP contribution in [0.25, 0.3) is 16.7 Å². The highest BCUT2D eigenvalue weighted by Gasteiger charge is 2.25. The van der Waals surface area contributed by atoms with Gasteiger partial charge in [-0.1, -0.05) is 23.4 Å². The number of rotatable bonds is 3. The second-order valence-electron chi connectivity index (χ2n) is 6.10. The molecular weight excluding hydrogens is 314 g/mol. The molecule has 0 fully saturated rings. The number of hydrogen-bond donors (Lipinski definition) is 1. The van der Waals surface area contributed by atoms with Crippen LogP contribution in [0.2, 0.25) is 0 Å². The molecule has 1 aliphatic rings. The molecule has 0 saturated heterocycles. The van der Waals surface area contributed by atoms with E-state index in [1.165, 1.54) is 0 Å². The Labute approximate surface area is 145 Å². The van der Waals surface area contributed by atoms with Crippen LogP contribution in [-0.4, -0.2) is 16.0 Å². The summed E-state index contributed by atoms with van der Waals surface area (Å²) >= 11 is 0. The van der Waals surface area contributed by atoms with Crippen LogP contribution in [0.3, 0.4) is 0 Å². The van der Waals surface area contributed by atoms with Crippen molar-refractivity contribution in [2.75, 3.05) is 5.32 Å². The Morgan fingerprint density at radius 3 is 2.84 bits per heavy atom. The van der Waals surface area contributed by atoms with Gasteiger partial charge in [0.05, 0.1) is 5.69 Å². The quantitative estimate of drug-likeness (QED) is 0.738. The number of amides is 1. The van der Waals surface area contributed by atoms with E-state index in [9.17, 15) is 4.79 Å². The van der Waals surface area contributed by atoms with Crippen molar-refractivity contribution in [2.45, 2.75) is 20.3 Å². The van der Waals surface area contributed by atoms with Gasteiger partial charge in [-0.05, 0) is 49.6 Å². The molecule has 4 rings (SSSR count). The van der Waals surface area contributed by atoms with E-state index >= 15 is 0 Å². The zero-order valence-corrected chi connectivity index (χ0v) is 14.0. The second-order valence-corrected chi connectivity index (χ2v) is 6.10. The first-order valence-electron chi connectivity index (χ1n) is 8.11. The number of carbonyl (C=O) groups is 1. The van der Waals surface area contributed by atoms with Gasteiger partial charge in [0.25, 0.3) is 5.91 Å². The molecule has 3 aromatic rings. The van der Waals surface area contributed by atoms with E-state index in [2.05, 4.69) is 15.5 Å². The van der Waals surface area contributed by atoms with E-state index in [0.29, 0.717) is 12.0 Å². The molecule has 0 bridgehead atoms. The topological polar surface area (TPSA) is 68.0 Å². The lowest BCUT2D eigenvalue weighted by molar-refractivity contribution is -0.110. The number of hydrogen-bond acceptors (Lipinski definition) is 4. The van der Waals surface area contributed by atoms with Crippen LogP contribution in [0.1, 0.15) is 22.6 Å². The van der Waals surface area contributed by atoms with Gasteiger partial charge < -0.3 is 9.84 Å². The van der Waals surface area contributed by atoms with Crippen LogP contribution in [0.15, 0.2) is 53.3 Å². The minimum atomic E-state index is -0.0743. The Morgan fingerprint density at radius 1 is 1.24 bits per heavy atom. The molecule has 0 saturated carbocycles. The minimum Gasteiger partial charge on any atom is -0.361 e. The number of benzene rings is 1. The van der Waals surface area contributed by atoms with Gasteiger partial charge >= 0.3 is 0 Å². The Balaban J connectivity index is 1.74. The largest absolute Gasteiger partial charge is 0.361 e. The monoisotopic (exact) mass is 331 g/mol. The lowest BCUT2D eigenvalue weighted by Gasteiger charge is -2.04. The average molecular weight is 331 g/mol. The molecule has 1 N–H and O–H groups in total. The smallest absolute Gasteiger partial charge is 0.256 e. The molecule has 1 amide bonds. The van der Waals surface area contributed by atoms with Gasteiger partial charge in [-0.15, -0.1) is 0 Å². The normalized spacial score (nSPS) is 14.6. The standard InChI is InChI=1S/C20H17N3O2/c1-12-19(13(2)25-23-12)15-6-8-18-17(10-15)16(20(24)22-18)7-5-14-4-3-9-21-11-14/h3-4,6-11H,5H2,1-2H3,(H,22,24)/b16-7-. The van der Waals surface area contributed by atoms with Gasteiger partial charge in [-0.25, -0.2) is 0 Å².